The molecule has 80 valence electrons. The summed E-state index contributed by atoms with van der Waals surface area (Å²) in [5.41, 5.74) is 0. The molecule has 0 aliphatic carbocycles. The lowest BCUT2D eigenvalue weighted by molar-refractivity contribution is -0.849. The Hall–Kier alpha value is -0.280. The smallest absolute Gasteiger partial charge is 0.0675 e. The monoisotopic (exact) mass is 182 g/mol. The zero-order valence-corrected chi connectivity index (χ0v) is 7.45. The molecular formula is C4H24NO6+. The Bertz CT molecular complexity index is 30.1. The van der Waals surface area contributed by atoms with Crippen LogP contribution >= 0.6 is 0 Å². The van der Waals surface area contributed by atoms with E-state index in [1.807, 2.05) is 0 Å². The molecular weight excluding hydrogens is 158 g/mol. The first kappa shape index (κ1) is 73.2. The van der Waals surface area contributed by atoms with Crippen LogP contribution in [0.15, 0.2) is 0 Å². The van der Waals surface area contributed by atoms with Gasteiger partial charge < -0.3 is 37.3 Å². The van der Waals surface area contributed by atoms with E-state index in [9.17, 15) is 0 Å². The van der Waals surface area contributed by atoms with Crippen LogP contribution in [0, 0.1) is 0 Å². The summed E-state index contributed by atoms with van der Waals surface area (Å²) in [6.07, 6.45) is 0. The van der Waals surface area contributed by atoms with Crippen LogP contribution in [0.5, 0.6) is 0 Å². The van der Waals surface area contributed by atoms with Gasteiger partial charge in [-0.2, -0.15) is 0 Å². The fraction of sp³-hybridized carbons (Fsp3) is 1.00. The summed E-state index contributed by atoms with van der Waals surface area (Å²) in [4.78, 5) is 0. The quantitative estimate of drug-likeness (QED) is 0.326. The van der Waals surface area contributed by atoms with Gasteiger partial charge in [0, 0.05) is 0 Å². The van der Waals surface area contributed by atoms with E-state index >= 15 is 0 Å². The molecule has 0 rings (SSSR count). The molecule has 0 saturated heterocycles. The number of hydrogen-bond acceptors (Lipinski definition) is 0. The summed E-state index contributed by atoms with van der Waals surface area (Å²) in [5.74, 6) is 0. The van der Waals surface area contributed by atoms with Crippen molar-refractivity contribution in [1.29, 1.82) is 0 Å². The second-order valence-corrected chi connectivity index (χ2v) is 2.68. The van der Waals surface area contributed by atoms with E-state index < -0.39 is 0 Å². The van der Waals surface area contributed by atoms with E-state index in [2.05, 4.69) is 28.2 Å². The first-order valence-corrected chi connectivity index (χ1v) is 1.79. The predicted molar refractivity (Wildman–Crippen MR) is 45.6 cm³/mol. The average Bonchev–Trinajstić information content (AvgIpc) is 0.722. The summed E-state index contributed by atoms with van der Waals surface area (Å²) < 4.78 is 1.00. The molecule has 0 bridgehead atoms. The van der Waals surface area contributed by atoms with Crippen LogP contribution in [0.4, 0.5) is 0 Å². The van der Waals surface area contributed by atoms with Crippen LogP contribution < -0.4 is 0 Å². The van der Waals surface area contributed by atoms with Crippen molar-refractivity contribution in [3.05, 3.63) is 0 Å². The molecule has 0 aliphatic heterocycles. The van der Waals surface area contributed by atoms with Crippen molar-refractivity contribution in [2.75, 3.05) is 28.2 Å². The SMILES string of the molecule is C[N+](C)(C)C.O.O.O.O.O.O. The maximum atomic E-state index is 2.12. The average molecular weight is 182 g/mol. The van der Waals surface area contributed by atoms with Gasteiger partial charge in [0.05, 0.1) is 28.2 Å². The Morgan fingerprint density at radius 1 is 0.455 bits per heavy atom. The van der Waals surface area contributed by atoms with E-state index in [-0.39, 0.29) is 32.9 Å². The largest absolute Gasteiger partial charge is 0.412 e. The lowest BCUT2D eigenvalue weighted by atomic mass is 10.8. The minimum absolute atomic E-state index is 0. The molecule has 0 atom stereocenters. The highest BCUT2D eigenvalue weighted by Gasteiger charge is 1.88. The van der Waals surface area contributed by atoms with E-state index in [0.29, 0.717) is 0 Å². The lowest BCUT2D eigenvalue weighted by Gasteiger charge is -2.14. The molecule has 0 saturated carbocycles. The van der Waals surface area contributed by atoms with Crippen LogP contribution in [-0.4, -0.2) is 65.5 Å². The third-order valence-corrected chi connectivity index (χ3v) is 0. The van der Waals surface area contributed by atoms with Crippen LogP contribution in [-0.2, 0) is 0 Å². The minimum atomic E-state index is 0. The van der Waals surface area contributed by atoms with Crippen LogP contribution in [0.25, 0.3) is 0 Å². The number of hydrogen-bond donors (Lipinski definition) is 0. The summed E-state index contributed by atoms with van der Waals surface area (Å²) in [7, 11) is 8.50. The number of rotatable bonds is 0. The molecule has 0 heterocycles. The van der Waals surface area contributed by atoms with Crippen molar-refractivity contribution in [3.63, 3.8) is 0 Å². The predicted octanol–water partition coefficient (Wildman–Crippen LogP) is -4.63. The summed E-state index contributed by atoms with van der Waals surface area (Å²) in [6, 6.07) is 0. The highest BCUT2D eigenvalue weighted by Crippen LogP contribution is 1.73. The second-order valence-electron chi connectivity index (χ2n) is 2.68. The molecule has 0 amide bonds. The van der Waals surface area contributed by atoms with E-state index in [1.165, 1.54) is 0 Å². The van der Waals surface area contributed by atoms with Gasteiger partial charge >= 0.3 is 0 Å². The molecule has 0 aliphatic rings. The molecule has 7 nitrogen and oxygen atoms in total. The first-order chi connectivity index (χ1) is 2.00. The molecule has 11 heavy (non-hydrogen) atoms. The van der Waals surface area contributed by atoms with Gasteiger partial charge in [-0.15, -0.1) is 0 Å². The van der Waals surface area contributed by atoms with Crippen molar-refractivity contribution < 1.29 is 37.3 Å². The highest BCUT2D eigenvalue weighted by molar-refractivity contribution is 3.87. The van der Waals surface area contributed by atoms with Crippen molar-refractivity contribution in [1.82, 2.24) is 0 Å². The van der Waals surface area contributed by atoms with Gasteiger partial charge in [0.25, 0.3) is 0 Å². The van der Waals surface area contributed by atoms with Crippen molar-refractivity contribution >= 4 is 0 Å². The maximum absolute atomic E-state index is 2.12. The molecule has 0 radical (unpaired) electrons. The van der Waals surface area contributed by atoms with E-state index in [4.69, 9.17) is 0 Å². The summed E-state index contributed by atoms with van der Waals surface area (Å²) in [6.45, 7) is 0. The lowest BCUT2D eigenvalue weighted by Crippen LogP contribution is -2.27. The van der Waals surface area contributed by atoms with Crippen molar-refractivity contribution in [2.45, 2.75) is 0 Å². The zero-order valence-electron chi connectivity index (χ0n) is 7.45. The van der Waals surface area contributed by atoms with Crippen molar-refractivity contribution in [3.8, 4) is 0 Å². The Balaban J connectivity index is -0.00000000533. The maximum Gasteiger partial charge on any atom is 0.0675 e. The molecule has 12 N–H and O–H groups in total. The molecule has 0 fully saturated rings. The summed E-state index contributed by atoms with van der Waals surface area (Å²) in [5, 5.41) is 0. The van der Waals surface area contributed by atoms with Crippen LogP contribution in [0.1, 0.15) is 0 Å². The standard InChI is InChI=1S/C4H12N.6H2O/c1-5(2,3)4;;;;;;/h1-4H3;6*1H2/q+1;;;;;;. The molecule has 7 heteroatoms. The number of nitrogens with zero attached hydrogens (tertiary/aromatic N) is 1. The highest BCUT2D eigenvalue weighted by atomic mass is 16.0. The topological polar surface area (TPSA) is 189 Å². The van der Waals surface area contributed by atoms with Crippen LogP contribution in [0.2, 0.25) is 0 Å². The molecule has 0 aromatic heterocycles. The third-order valence-electron chi connectivity index (χ3n) is 0. The normalized spacial score (nSPS) is 5.45. The third kappa shape index (κ3) is 7390. The Kier molecular flexibility index (Phi) is 150. The molecule has 0 unspecified atom stereocenters. The molecule has 0 aromatic rings. The fourth-order valence-electron chi connectivity index (χ4n) is 0. The Morgan fingerprint density at radius 3 is 0.455 bits per heavy atom. The first-order valence-electron chi connectivity index (χ1n) is 1.79. The molecule has 0 aromatic carbocycles. The van der Waals surface area contributed by atoms with E-state index in [0.717, 1.165) is 4.48 Å². The van der Waals surface area contributed by atoms with Gasteiger partial charge in [-0.3, -0.25) is 0 Å². The van der Waals surface area contributed by atoms with Gasteiger partial charge in [-0.05, 0) is 0 Å². The minimum Gasteiger partial charge on any atom is -0.412 e. The molecule has 0 spiro atoms. The Labute approximate surface area is 66.7 Å². The zero-order chi connectivity index (χ0) is 4.50. The van der Waals surface area contributed by atoms with E-state index in [1.54, 1.807) is 0 Å². The Morgan fingerprint density at radius 2 is 0.455 bits per heavy atom. The number of quaternary nitrogens is 1. The second kappa shape index (κ2) is 22.6. The van der Waals surface area contributed by atoms with Gasteiger partial charge in [0.15, 0.2) is 0 Å². The summed E-state index contributed by atoms with van der Waals surface area (Å²) >= 11 is 0. The van der Waals surface area contributed by atoms with Gasteiger partial charge in [-0.1, -0.05) is 0 Å². The fourth-order valence-corrected chi connectivity index (χ4v) is 0. The van der Waals surface area contributed by atoms with Crippen LogP contribution in [0.3, 0.4) is 0 Å². The van der Waals surface area contributed by atoms with Gasteiger partial charge in [0.2, 0.25) is 0 Å². The van der Waals surface area contributed by atoms with Gasteiger partial charge in [0.1, 0.15) is 0 Å². The van der Waals surface area contributed by atoms with Crippen molar-refractivity contribution in [2.24, 2.45) is 0 Å². The van der Waals surface area contributed by atoms with Gasteiger partial charge in [-0.25, -0.2) is 0 Å².